The van der Waals surface area contributed by atoms with E-state index in [0.29, 0.717) is 35.3 Å². The predicted molar refractivity (Wildman–Crippen MR) is 127 cm³/mol. The van der Waals surface area contributed by atoms with Crippen molar-refractivity contribution < 1.29 is 8.42 Å². The van der Waals surface area contributed by atoms with E-state index in [1.54, 1.807) is 23.0 Å². The highest BCUT2D eigenvalue weighted by atomic mass is 32.2. The molecule has 1 fully saturated rings. The second-order valence-corrected chi connectivity index (χ2v) is 10.5. The van der Waals surface area contributed by atoms with Crippen molar-refractivity contribution in [2.24, 2.45) is 7.05 Å². The van der Waals surface area contributed by atoms with Crippen molar-refractivity contribution in [3.8, 4) is 11.1 Å². The van der Waals surface area contributed by atoms with Gasteiger partial charge < -0.3 is 4.98 Å². The maximum atomic E-state index is 13.3. The minimum Gasteiger partial charge on any atom is -0.361 e. The zero-order valence-electron chi connectivity index (χ0n) is 18.7. The van der Waals surface area contributed by atoms with Gasteiger partial charge in [-0.1, -0.05) is 36.4 Å². The topological polar surface area (TPSA) is 71.0 Å². The van der Waals surface area contributed by atoms with E-state index >= 15 is 0 Å². The fourth-order valence-corrected chi connectivity index (χ4v) is 6.82. The van der Waals surface area contributed by atoms with E-state index in [1.807, 2.05) is 13.0 Å². The van der Waals surface area contributed by atoms with Gasteiger partial charge in [-0.25, -0.2) is 8.42 Å². The first kappa shape index (κ1) is 21.0. The fraction of sp³-hybridized carbons (Fsp3) is 0.320. The van der Waals surface area contributed by atoms with Gasteiger partial charge >= 0.3 is 0 Å². The van der Waals surface area contributed by atoms with Gasteiger partial charge in [-0.15, -0.1) is 0 Å². The van der Waals surface area contributed by atoms with Crippen LogP contribution >= 0.6 is 0 Å². The molecule has 1 saturated heterocycles. The summed E-state index contributed by atoms with van der Waals surface area (Å²) < 4.78 is 29.9. The lowest BCUT2D eigenvalue weighted by Gasteiger charge is -2.31. The summed E-state index contributed by atoms with van der Waals surface area (Å²) in [7, 11) is -1.75. The molecule has 6 nitrogen and oxygen atoms in total. The highest BCUT2D eigenvalue weighted by Crippen LogP contribution is 2.37. The molecule has 0 bridgehead atoms. The van der Waals surface area contributed by atoms with Gasteiger partial charge in [0.1, 0.15) is 4.90 Å². The van der Waals surface area contributed by atoms with Crippen LogP contribution in [0.25, 0.3) is 22.0 Å². The molecule has 1 N–H and O–H groups in total. The number of benzene rings is 2. The molecule has 5 rings (SSSR count). The summed E-state index contributed by atoms with van der Waals surface area (Å²) in [5, 5.41) is 5.53. The average molecular weight is 449 g/mol. The quantitative estimate of drug-likeness (QED) is 0.490. The second kappa shape index (κ2) is 7.90. The van der Waals surface area contributed by atoms with Crippen LogP contribution in [0.5, 0.6) is 0 Å². The Morgan fingerprint density at radius 1 is 1.00 bits per heavy atom. The van der Waals surface area contributed by atoms with E-state index in [2.05, 4.69) is 58.7 Å². The van der Waals surface area contributed by atoms with Crippen molar-refractivity contribution in [1.29, 1.82) is 0 Å². The molecule has 0 atom stereocenters. The van der Waals surface area contributed by atoms with E-state index in [0.717, 1.165) is 18.4 Å². The highest BCUT2D eigenvalue weighted by molar-refractivity contribution is 7.89. The van der Waals surface area contributed by atoms with Crippen molar-refractivity contribution in [2.75, 3.05) is 13.1 Å². The maximum absolute atomic E-state index is 13.3. The van der Waals surface area contributed by atoms with Crippen LogP contribution < -0.4 is 0 Å². The number of rotatable bonds is 4. The maximum Gasteiger partial charge on any atom is 0.246 e. The van der Waals surface area contributed by atoms with Crippen LogP contribution in [0.15, 0.2) is 59.6 Å². The van der Waals surface area contributed by atoms with Gasteiger partial charge in [-0.2, -0.15) is 9.40 Å². The molecular weight excluding hydrogens is 420 g/mol. The van der Waals surface area contributed by atoms with Gasteiger partial charge in [0.15, 0.2) is 0 Å². The van der Waals surface area contributed by atoms with Crippen molar-refractivity contribution in [3.05, 3.63) is 71.7 Å². The molecule has 166 valence electrons. The van der Waals surface area contributed by atoms with Gasteiger partial charge in [0.25, 0.3) is 0 Å². The zero-order chi connectivity index (χ0) is 22.5. The molecule has 0 amide bonds. The van der Waals surface area contributed by atoms with Crippen molar-refractivity contribution in [1.82, 2.24) is 19.1 Å². The molecule has 3 heterocycles. The standard InChI is InChI=1S/C25H28N4O2S/c1-17-25(18(2)28(3)27-17)32(30,31)29-13-11-20(12-14-29)23-16-26-24-10-9-21(15-22(23)24)19-7-5-4-6-8-19/h4-10,15-16,20,26H,11-14H2,1-3H3. The van der Waals surface area contributed by atoms with E-state index in [1.165, 1.54) is 22.1 Å². The van der Waals surface area contributed by atoms with Gasteiger partial charge in [0, 0.05) is 37.2 Å². The summed E-state index contributed by atoms with van der Waals surface area (Å²) in [4.78, 5) is 3.77. The van der Waals surface area contributed by atoms with Crippen LogP contribution in [0.4, 0.5) is 0 Å². The number of nitrogens with zero attached hydrogens (tertiary/aromatic N) is 3. The van der Waals surface area contributed by atoms with Crippen molar-refractivity contribution >= 4 is 20.9 Å². The Hall–Kier alpha value is -2.90. The molecule has 1 aliphatic rings. The number of sulfonamides is 1. The molecule has 4 aromatic rings. The summed E-state index contributed by atoms with van der Waals surface area (Å²) in [6, 6.07) is 16.9. The summed E-state index contributed by atoms with van der Waals surface area (Å²) in [5.41, 5.74) is 6.05. The molecule has 2 aromatic heterocycles. The van der Waals surface area contributed by atoms with E-state index in [-0.39, 0.29) is 0 Å². The smallest absolute Gasteiger partial charge is 0.246 e. The highest BCUT2D eigenvalue weighted by Gasteiger charge is 2.34. The Kier molecular flexibility index (Phi) is 5.18. The Balaban J connectivity index is 1.40. The SMILES string of the molecule is Cc1nn(C)c(C)c1S(=O)(=O)N1CCC(c2c[nH]c3ccc(-c4ccccc4)cc23)CC1. The number of nitrogens with one attached hydrogen (secondary N) is 1. The van der Waals surface area contributed by atoms with Crippen LogP contribution in [0, 0.1) is 13.8 Å². The number of aryl methyl sites for hydroxylation is 2. The Morgan fingerprint density at radius 2 is 1.72 bits per heavy atom. The molecular formula is C25H28N4O2S. The second-order valence-electron chi connectivity index (χ2n) is 8.67. The number of piperidine rings is 1. The predicted octanol–water partition coefficient (Wildman–Crippen LogP) is 4.75. The summed E-state index contributed by atoms with van der Waals surface area (Å²) in [6.07, 6.45) is 3.71. The number of fused-ring (bicyclic) bond motifs is 1. The number of H-pyrrole nitrogens is 1. The van der Waals surface area contributed by atoms with Crippen LogP contribution in [0.1, 0.15) is 35.7 Å². The van der Waals surface area contributed by atoms with Gasteiger partial charge in [0.05, 0.1) is 11.4 Å². The minimum absolute atomic E-state index is 0.331. The normalized spacial score (nSPS) is 16.1. The van der Waals surface area contributed by atoms with E-state index < -0.39 is 10.0 Å². The lowest BCUT2D eigenvalue weighted by molar-refractivity contribution is 0.320. The monoisotopic (exact) mass is 448 g/mol. The third-order valence-corrected chi connectivity index (χ3v) is 8.91. The molecule has 2 aromatic carbocycles. The molecule has 0 radical (unpaired) electrons. The van der Waals surface area contributed by atoms with Gasteiger partial charge in [-0.3, -0.25) is 4.68 Å². The van der Waals surface area contributed by atoms with Crippen LogP contribution in [0.2, 0.25) is 0 Å². The number of aromatic nitrogens is 3. The molecule has 0 aliphatic carbocycles. The van der Waals surface area contributed by atoms with E-state index in [4.69, 9.17) is 0 Å². The minimum atomic E-state index is -3.54. The van der Waals surface area contributed by atoms with Crippen molar-refractivity contribution in [2.45, 2.75) is 37.5 Å². The summed E-state index contributed by atoms with van der Waals surface area (Å²) >= 11 is 0. The average Bonchev–Trinajstić information content (AvgIpc) is 3.34. The Labute approximate surface area is 188 Å². The molecule has 7 heteroatoms. The van der Waals surface area contributed by atoms with Gasteiger partial charge in [-0.05, 0) is 61.4 Å². The first-order chi connectivity index (χ1) is 15.4. The Bertz CT molecular complexity index is 1380. The van der Waals surface area contributed by atoms with Crippen molar-refractivity contribution in [3.63, 3.8) is 0 Å². The van der Waals surface area contributed by atoms with Crippen LogP contribution in [0.3, 0.4) is 0 Å². The molecule has 0 spiro atoms. The lowest BCUT2D eigenvalue weighted by Crippen LogP contribution is -2.38. The molecule has 1 aliphatic heterocycles. The van der Waals surface area contributed by atoms with Gasteiger partial charge in [0.2, 0.25) is 10.0 Å². The number of hydrogen-bond donors (Lipinski definition) is 1. The lowest BCUT2D eigenvalue weighted by atomic mass is 9.89. The molecule has 0 unspecified atom stereocenters. The fourth-order valence-electron chi connectivity index (χ4n) is 4.95. The largest absolute Gasteiger partial charge is 0.361 e. The first-order valence-corrected chi connectivity index (χ1v) is 12.5. The molecule has 0 saturated carbocycles. The van der Waals surface area contributed by atoms with E-state index in [9.17, 15) is 8.42 Å². The first-order valence-electron chi connectivity index (χ1n) is 11.0. The third-order valence-electron chi connectivity index (χ3n) is 6.76. The Morgan fingerprint density at radius 3 is 2.38 bits per heavy atom. The third kappa shape index (κ3) is 3.45. The summed E-state index contributed by atoms with van der Waals surface area (Å²) in [6.45, 7) is 4.62. The number of hydrogen-bond acceptors (Lipinski definition) is 3. The molecule has 32 heavy (non-hydrogen) atoms. The van der Waals surface area contributed by atoms with Crippen LogP contribution in [-0.2, 0) is 17.1 Å². The zero-order valence-corrected chi connectivity index (χ0v) is 19.5. The summed E-state index contributed by atoms with van der Waals surface area (Å²) in [5.74, 6) is 0.331. The van der Waals surface area contributed by atoms with Crippen LogP contribution in [-0.4, -0.2) is 40.6 Å². The number of aromatic amines is 1.